The first-order chi connectivity index (χ1) is 6.88. The summed E-state index contributed by atoms with van der Waals surface area (Å²) in [5.74, 6) is -0.611. The molecule has 0 aliphatic heterocycles. The zero-order valence-corrected chi connectivity index (χ0v) is 7.97. The summed E-state index contributed by atoms with van der Waals surface area (Å²) in [5.41, 5.74) is 0. The van der Waals surface area contributed by atoms with E-state index in [1.165, 1.54) is 6.08 Å². The van der Waals surface area contributed by atoms with E-state index in [4.69, 9.17) is 5.11 Å². The molecule has 0 aliphatic rings. The highest BCUT2D eigenvalue weighted by Crippen LogP contribution is 2.18. The van der Waals surface area contributed by atoms with Crippen LogP contribution >= 0.6 is 0 Å². The van der Waals surface area contributed by atoms with Gasteiger partial charge in [-0.05, 0) is 0 Å². The first-order valence-electron chi connectivity index (χ1n) is 4.21. The molecule has 0 saturated carbocycles. The standard InChI is InChI=1S/C8H13F3N2O2/c1-2-3-12-5-7(15)13-4-6(14)8(9,10)11/h2,6,12,14H,1,3-5H2,(H,13,15). The van der Waals surface area contributed by atoms with Crippen molar-refractivity contribution in [1.82, 2.24) is 10.6 Å². The van der Waals surface area contributed by atoms with E-state index in [0.29, 0.717) is 6.54 Å². The molecule has 0 heterocycles. The Labute approximate surface area is 85.2 Å². The van der Waals surface area contributed by atoms with Crippen LogP contribution < -0.4 is 10.6 Å². The molecule has 15 heavy (non-hydrogen) atoms. The fraction of sp³-hybridized carbons (Fsp3) is 0.625. The van der Waals surface area contributed by atoms with E-state index in [0.717, 1.165) is 0 Å². The van der Waals surface area contributed by atoms with E-state index in [9.17, 15) is 18.0 Å². The molecule has 1 atom stereocenters. The molecule has 7 heteroatoms. The van der Waals surface area contributed by atoms with Crippen molar-refractivity contribution in [3.63, 3.8) is 0 Å². The molecule has 3 N–H and O–H groups in total. The van der Waals surface area contributed by atoms with Gasteiger partial charge in [-0.3, -0.25) is 4.79 Å². The van der Waals surface area contributed by atoms with Crippen LogP contribution in [0.2, 0.25) is 0 Å². The number of nitrogens with one attached hydrogen (secondary N) is 2. The maximum Gasteiger partial charge on any atom is 0.416 e. The zero-order valence-electron chi connectivity index (χ0n) is 7.97. The Morgan fingerprint density at radius 1 is 1.53 bits per heavy atom. The second kappa shape index (κ2) is 6.41. The molecule has 0 aliphatic carbocycles. The van der Waals surface area contributed by atoms with Crippen LogP contribution in [0.5, 0.6) is 0 Å². The van der Waals surface area contributed by atoms with Gasteiger partial charge in [0, 0.05) is 6.54 Å². The van der Waals surface area contributed by atoms with Gasteiger partial charge in [0.25, 0.3) is 0 Å². The van der Waals surface area contributed by atoms with Crippen LogP contribution in [0.3, 0.4) is 0 Å². The Morgan fingerprint density at radius 3 is 2.60 bits per heavy atom. The molecule has 0 aromatic carbocycles. The first-order valence-corrected chi connectivity index (χ1v) is 4.21. The van der Waals surface area contributed by atoms with Crippen molar-refractivity contribution < 1.29 is 23.1 Å². The molecular weight excluding hydrogens is 213 g/mol. The molecular formula is C8H13F3N2O2. The van der Waals surface area contributed by atoms with Crippen molar-refractivity contribution >= 4 is 5.91 Å². The predicted octanol–water partition coefficient (Wildman–Crippen LogP) is -0.199. The van der Waals surface area contributed by atoms with Gasteiger partial charge in [-0.1, -0.05) is 6.08 Å². The van der Waals surface area contributed by atoms with Gasteiger partial charge in [0.15, 0.2) is 6.10 Å². The molecule has 0 bridgehead atoms. The summed E-state index contributed by atoms with van der Waals surface area (Å²) in [7, 11) is 0. The Morgan fingerprint density at radius 2 is 2.13 bits per heavy atom. The Balaban J connectivity index is 3.67. The van der Waals surface area contributed by atoms with E-state index in [1.807, 2.05) is 5.32 Å². The summed E-state index contributed by atoms with van der Waals surface area (Å²) in [4.78, 5) is 10.9. The molecule has 4 nitrogen and oxygen atoms in total. The molecule has 0 aromatic heterocycles. The van der Waals surface area contributed by atoms with Crippen molar-refractivity contribution in [2.75, 3.05) is 19.6 Å². The van der Waals surface area contributed by atoms with Gasteiger partial charge in [-0.15, -0.1) is 6.58 Å². The SMILES string of the molecule is C=CCNCC(=O)NCC(O)C(F)(F)F. The van der Waals surface area contributed by atoms with E-state index in [2.05, 4.69) is 11.9 Å². The van der Waals surface area contributed by atoms with Gasteiger partial charge in [-0.2, -0.15) is 13.2 Å². The number of carbonyl (C=O) groups excluding carboxylic acids is 1. The highest BCUT2D eigenvalue weighted by molar-refractivity contribution is 5.78. The van der Waals surface area contributed by atoms with Crippen molar-refractivity contribution in [2.24, 2.45) is 0 Å². The average molecular weight is 226 g/mol. The minimum absolute atomic E-state index is 0.114. The molecule has 0 spiro atoms. The number of aliphatic hydroxyl groups excluding tert-OH is 1. The van der Waals surface area contributed by atoms with Crippen LogP contribution in [0.15, 0.2) is 12.7 Å². The van der Waals surface area contributed by atoms with Gasteiger partial charge in [-0.25, -0.2) is 0 Å². The second-order valence-electron chi connectivity index (χ2n) is 2.78. The monoisotopic (exact) mass is 226 g/mol. The van der Waals surface area contributed by atoms with Crippen LogP contribution in [0.1, 0.15) is 0 Å². The van der Waals surface area contributed by atoms with Crippen molar-refractivity contribution in [3.8, 4) is 0 Å². The number of alkyl halides is 3. The second-order valence-corrected chi connectivity index (χ2v) is 2.78. The third-order valence-electron chi connectivity index (χ3n) is 1.44. The minimum atomic E-state index is -4.71. The zero-order chi connectivity index (χ0) is 11.9. The molecule has 88 valence electrons. The lowest BCUT2D eigenvalue weighted by Gasteiger charge is -2.14. The summed E-state index contributed by atoms with van der Waals surface area (Å²) < 4.78 is 35.3. The van der Waals surface area contributed by atoms with Crippen molar-refractivity contribution in [3.05, 3.63) is 12.7 Å². The number of rotatable bonds is 6. The van der Waals surface area contributed by atoms with Crippen molar-refractivity contribution in [1.29, 1.82) is 0 Å². The van der Waals surface area contributed by atoms with E-state index in [-0.39, 0.29) is 6.54 Å². The summed E-state index contributed by atoms with van der Waals surface area (Å²) in [6, 6.07) is 0. The third-order valence-corrected chi connectivity index (χ3v) is 1.44. The number of aliphatic hydroxyl groups is 1. The molecule has 0 radical (unpaired) electrons. The molecule has 1 unspecified atom stereocenters. The first kappa shape index (κ1) is 13.9. The van der Waals surface area contributed by atoms with E-state index < -0.39 is 24.7 Å². The molecule has 0 fully saturated rings. The minimum Gasteiger partial charge on any atom is -0.382 e. The van der Waals surface area contributed by atoms with Crippen molar-refractivity contribution in [2.45, 2.75) is 12.3 Å². The molecule has 1 amide bonds. The quantitative estimate of drug-likeness (QED) is 0.434. The number of amides is 1. The fourth-order valence-electron chi connectivity index (χ4n) is 0.676. The summed E-state index contributed by atoms with van der Waals surface area (Å²) in [6.07, 6.45) is -5.72. The van der Waals surface area contributed by atoms with Crippen LogP contribution in [0.25, 0.3) is 0 Å². The average Bonchev–Trinajstić information content (AvgIpc) is 2.13. The number of carbonyl (C=O) groups is 1. The Bertz CT molecular complexity index is 218. The summed E-state index contributed by atoms with van der Waals surface area (Å²) in [5, 5.41) is 13.1. The summed E-state index contributed by atoms with van der Waals surface area (Å²) >= 11 is 0. The maximum absolute atomic E-state index is 11.8. The van der Waals surface area contributed by atoms with Crippen LogP contribution in [-0.4, -0.2) is 42.9 Å². The fourth-order valence-corrected chi connectivity index (χ4v) is 0.676. The van der Waals surface area contributed by atoms with Crippen LogP contribution in [0.4, 0.5) is 13.2 Å². The number of hydrogen-bond donors (Lipinski definition) is 3. The van der Waals surface area contributed by atoms with Gasteiger partial charge in [0.05, 0.1) is 13.1 Å². The number of halogens is 3. The predicted molar refractivity (Wildman–Crippen MR) is 48.1 cm³/mol. The largest absolute Gasteiger partial charge is 0.416 e. The van der Waals surface area contributed by atoms with Gasteiger partial charge < -0.3 is 15.7 Å². The molecule has 0 saturated heterocycles. The van der Waals surface area contributed by atoms with Gasteiger partial charge in [0.1, 0.15) is 0 Å². The molecule has 0 rings (SSSR count). The van der Waals surface area contributed by atoms with Crippen LogP contribution in [-0.2, 0) is 4.79 Å². The lowest BCUT2D eigenvalue weighted by Crippen LogP contribution is -2.43. The molecule has 0 aromatic rings. The lowest BCUT2D eigenvalue weighted by molar-refractivity contribution is -0.201. The highest BCUT2D eigenvalue weighted by Gasteiger charge is 2.38. The Kier molecular flexibility index (Phi) is 5.95. The number of hydrogen-bond acceptors (Lipinski definition) is 3. The van der Waals surface area contributed by atoms with Gasteiger partial charge >= 0.3 is 6.18 Å². The normalized spacial score (nSPS) is 13.3. The topological polar surface area (TPSA) is 61.4 Å². The summed E-state index contributed by atoms with van der Waals surface area (Å²) in [6.45, 7) is 2.82. The van der Waals surface area contributed by atoms with E-state index >= 15 is 0 Å². The van der Waals surface area contributed by atoms with E-state index in [1.54, 1.807) is 0 Å². The Hall–Kier alpha value is -1.08. The van der Waals surface area contributed by atoms with Crippen LogP contribution in [0, 0.1) is 0 Å². The third kappa shape index (κ3) is 6.92. The maximum atomic E-state index is 11.8. The highest BCUT2D eigenvalue weighted by atomic mass is 19.4. The lowest BCUT2D eigenvalue weighted by atomic mass is 10.3. The smallest absolute Gasteiger partial charge is 0.382 e. The van der Waals surface area contributed by atoms with Gasteiger partial charge in [0.2, 0.25) is 5.91 Å².